The number of hydrogen-bond donors (Lipinski definition) is 0. The molecule has 0 N–H and O–H groups in total. The highest BCUT2D eigenvalue weighted by Gasteiger charge is 2.11. The zero-order valence-corrected chi connectivity index (χ0v) is 11.4. The van der Waals surface area contributed by atoms with E-state index in [2.05, 4.69) is 18.7 Å². The second kappa shape index (κ2) is 5.30. The zero-order valence-electron chi connectivity index (χ0n) is 11.4. The Balaban J connectivity index is 2.68. The first-order valence-electron chi connectivity index (χ1n) is 6.40. The van der Waals surface area contributed by atoms with E-state index in [1.165, 1.54) is 0 Å². The van der Waals surface area contributed by atoms with Gasteiger partial charge in [-0.05, 0) is 26.0 Å². The lowest BCUT2D eigenvalue weighted by Crippen LogP contribution is -2.24. The molecule has 0 fully saturated rings. The molecule has 1 aromatic heterocycles. The molecule has 0 radical (unpaired) electrons. The van der Waals surface area contributed by atoms with E-state index in [1.807, 2.05) is 18.2 Å². The third-order valence-electron chi connectivity index (χ3n) is 3.44. The molecule has 0 saturated heterocycles. The Morgan fingerprint density at radius 3 is 2.58 bits per heavy atom. The molecule has 2 rings (SSSR count). The lowest BCUT2D eigenvalue weighted by molar-refractivity contribution is 0.112. The smallest absolute Gasteiger partial charge is 0.346 e. The molecule has 0 saturated carbocycles. The van der Waals surface area contributed by atoms with Crippen molar-refractivity contribution in [2.24, 2.45) is 0 Å². The Bertz CT molecular complexity index is 674. The summed E-state index contributed by atoms with van der Waals surface area (Å²) in [6.07, 6.45) is 0.554. The van der Waals surface area contributed by atoms with Crippen molar-refractivity contribution >= 4 is 36.3 Å². The van der Waals surface area contributed by atoms with E-state index in [0.29, 0.717) is 17.3 Å². The number of carbonyl (C=O) groups is 1. The number of nitrogens with zero attached hydrogens (tertiary/aromatic N) is 1. The third-order valence-corrected chi connectivity index (χ3v) is 3.44. The molecule has 0 aliphatic heterocycles. The summed E-state index contributed by atoms with van der Waals surface area (Å²) in [5.41, 5.74) is 1.74. The number of fused-ring (bicyclic) bond motifs is 1. The predicted molar refractivity (Wildman–Crippen MR) is 79.6 cm³/mol. The van der Waals surface area contributed by atoms with Gasteiger partial charge in [0.05, 0.1) is 5.56 Å². The molecule has 2 aromatic rings. The molecule has 5 heteroatoms. The maximum absolute atomic E-state index is 11.7. The minimum atomic E-state index is -0.573. The van der Waals surface area contributed by atoms with Gasteiger partial charge in [-0.15, -0.1) is 0 Å². The van der Waals surface area contributed by atoms with Crippen LogP contribution in [0.2, 0.25) is 0 Å². The molecule has 1 heterocycles. The molecule has 4 nitrogen and oxygen atoms in total. The average molecular weight is 257 g/mol. The van der Waals surface area contributed by atoms with Gasteiger partial charge in [-0.1, -0.05) is 5.46 Å². The van der Waals surface area contributed by atoms with Crippen molar-refractivity contribution in [1.29, 1.82) is 0 Å². The number of carbonyl (C=O) groups excluding carboxylic acids is 1. The van der Waals surface area contributed by atoms with Gasteiger partial charge in [-0.25, -0.2) is 4.79 Å². The molecule has 1 aromatic carbocycles. The van der Waals surface area contributed by atoms with E-state index in [-0.39, 0.29) is 5.56 Å². The van der Waals surface area contributed by atoms with Crippen molar-refractivity contribution in [3.63, 3.8) is 0 Å². The van der Waals surface area contributed by atoms with Gasteiger partial charge in [0.1, 0.15) is 13.4 Å². The molecular formula is C14H16BNO3. The van der Waals surface area contributed by atoms with Crippen molar-refractivity contribution in [3.8, 4) is 0 Å². The van der Waals surface area contributed by atoms with E-state index in [4.69, 9.17) is 4.42 Å². The number of benzene rings is 1. The van der Waals surface area contributed by atoms with Crippen molar-refractivity contribution in [1.82, 2.24) is 0 Å². The highest BCUT2D eigenvalue weighted by Crippen LogP contribution is 2.20. The molecule has 0 unspecified atom stereocenters. The highest BCUT2D eigenvalue weighted by molar-refractivity contribution is 6.41. The first-order valence-corrected chi connectivity index (χ1v) is 6.40. The van der Waals surface area contributed by atoms with Crippen LogP contribution >= 0.6 is 0 Å². The second-order valence-corrected chi connectivity index (χ2v) is 4.40. The van der Waals surface area contributed by atoms with Crippen LogP contribution < -0.4 is 16.0 Å². The van der Waals surface area contributed by atoms with Crippen LogP contribution in [0.3, 0.4) is 0 Å². The largest absolute Gasteiger partial charge is 0.422 e. The fourth-order valence-electron chi connectivity index (χ4n) is 2.28. The zero-order chi connectivity index (χ0) is 14.0. The standard InChI is InChI=1S/C14H16BNO3/c1-3-16(4-2)9-5-6-10-12(7-9)19-14(18)11(8-17)13(10)15/h5-8H,3-4,15H2,1-2H3. The van der Waals surface area contributed by atoms with Crippen molar-refractivity contribution in [2.75, 3.05) is 18.0 Å². The Kier molecular flexibility index (Phi) is 3.74. The molecule has 0 bridgehead atoms. The molecule has 0 spiro atoms. The highest BCUT2D eigenvalue weighted by atomic mass is 16.4. The van der Waals surface area contributed by atoms with Crippen molar-refractivity contribution in [3.05, 3.63) is 34.2 Å². The monoisotopic (exact) mass is 257 g/mol. The van der Waals surface area contributed by atoms with Gasteiger partial charge in [0.15, 0.2) is 6.29 Å². The summed E-state index contributed by atoms with van der Waals surface area (Å²) in [7, 11) is 1.76. The topological polar surface area (TPSA) is 50.5 Å². The van der Waals surface area contributed by atoms with Crippen LogP contribution in [0.4, 0.5) is 5.69 Å². The van der Waals surface area contributed by atoms with Gasteiger partial charge in [0.2, 0.25) is 0 Å². The number of rotatable bonds is 4. The maximum atomic E-state index is 11.7. The Labute approximate surface area is 112 Å². The number of aldehydes is 1. The van der Waals surface area contributed by atoms with E-state index in [0.717, 1.165) is 24.2 Å². The summed E-state index contributed by atoms with van der Waals surface area (Å²) < 4.78 is 5.23. The fraction of sp³-hybridized carbons (Fsp3) is 0.286. The quantitative estimate of drug-likeness (QED) is 0.460. The average Bonchev–Trinajstić information content (AvgIpc) is 2.40. The lowest BCUT2D eigenvalue weighted by atomic mass is 9.88. The molecule has 0 atom stereocenters. The maximum Gasteiger partial charge on any atom is 0.346 e. The summed E-state index contributed by atoms with van der Waals surface area (Å²) in [4.78, 5) is 24.8. The second-order valence-electron chi connectivity index (χ2n) is 4.40. The summed E-state index contributed by atoms with van der Waals surface area (Å²) >= 11 is 0. The van der Waals surface area contributed by atoms with Crippen LogP contribution in [0.5, 0.6) is 0 Å². The lowest BCUT2D eigenvalue weighted by Gasteiger charge is -2.21. The Hall–Kier alpha value is -2.04. The number of anilines is 1. The number of hydrogen-bond acceptors (Lipinski definition) is 4. The van der Waals surface area contributed by atoms with Gasteiger partial charge < -0.3 is 9.32 Å². The summed E-state index contributed by atoms with van der Waals surface area (Å²) in [5, 5.41) is 0.803. The SMILES string of the molecule is Bc1c(C=O)c(=O)oc2cc(N(CC)CC)ccc12. The molecule has 19 heavy (non-hydrogen) atoms. The molecule has 0 amide bonds. The fourth-order valence-corrected chi connectivity index (χ4v) is 2.28. The van der Waals surface area contributed by atoms with Crippen LogP contribution in [0.1, 0.15) is 24.2 Å². The van der Waals surface area contributed by atoms with Crippen molar-refractivity contribution in [2.45, 2.75) is 13.8 Å². The first-order chi connectivity index (χ1) is 9.12. The van der Waals surface area contributed by atoms with Gasteiger partial charge in [-0.2, -0.15) is 0 Å². The molecule has 98 valence electrons. The van der Waals surface area contributed by atoms with E-state index in [9.17, 15) is 9.59 Å². The van der Waals surface area contributed by atoms with E-state index < -0.39 is 5.63 Å². The van der Waals surface area contributed by atoms with Gasteiger partial charge in [0, 0.05) is 30.2 Å². The minimum absolute atomic E-state index is 0.100. The molecule has 0 aliphatic rings. The van der Waals surface area contributed by atoms with Crippen LogP contribution in [0.15, 0.2) is 27.4 Å². The first kappa shape index (κ1) is 13.4. The van der Waals surface area contributed by atoms with E-state index >= 15 is 0 Å². The van der Waals surface area contributed by atoms with Crippen LogP contribution in [-0.4, -0.2) is 27.2 Å². The predicted octanol–water partition coefficient (Wildman–Crippen LogP) is 0.710. The minimum Gasteiger partial charge on any atom is -0.422 e. The normalized spacial score (nSPS) is 10.6. The summed E-state index contributed by atoms with van der Waals surface area (Å²) in [6.45, 7) is 5.92. The molecule has 0 aliphatic carbocycles. The molecular weight excluding hydrogens is 241 g/mol. The summed E-state index contributed by atoms with van der Waals surface area (Å²) in [5.74, 6) is 0. The van der Waals surface area contributed by atoms with Crippen LogP contribution in [0.25, 0.3) is 11.0 Å². The van der Waals surface area contributed by atoms with Gasteiger partial charge >= 0.3 is 5.63 Å². The Morgan fingerprint density at radius 1 is 1.32 bits per heavy atom. The summed E-state index contributed by atoms with van der Waals surface area (Å²) in [6, 6.07) is 5.73. The van der Waals surface area contributed by atoms with Crippen LogP contribution in [0, 0.1) is 0 Å². The van der Waals surface area contributed by atoms with E-state index in [1.54, 1.807) is 7.85 Å². The third kappa shape index (κ3) is 2.28. The van der Waals surface area contributed by atoms with Gasteiger partial charge in [-0.3, -0.25) is 4.79 Å². The Morgan fingerprint density at radius 2 is 2.00 bits per heavy atom. The van der Waals surface area contributed by atoms with Crippen molar-refractivity contribution < 1.29 is 9.21 Å². The van der Waals surface area contributed by atoms with Crippen LogP contribution in [-0.2, 0) is 0 Å². The van der Waals surface area contributed by atoms with Gasteiger partial charge in [0.25, 0.3) is 0 Å².